The highest BCUT2D eigenvalue weighted by molar-refractivity contribution is 6.07. The number of carbonyl (C=O) groups is 2. The molecule has 2 aromatic carbocycles. The molecule has 2 aromatic rings. The van der Waals surface area contributed by atoms with E-state index in [4.69, 9.17) is 4.74 Å². The van der Waals surface area contributed by atoms with Crippen molar-refractivity contribution < 1.29 is 14.3 Å². The Morgan fingerprint density at radius 3 is 2.35 bits per heavy atom. The number of hydrogen-bond acceptors (Lipinski definition) is 3. The monoisotopic (exact) mass is 352 g/mol. The van der Waals surface area contributed by atoms with E-state index in [0.29, 0.717) is 6.42 Å². The molecule has 136 valence electrons. The molecule has 0 bridgehead atoms. The number of amides is 3. The fraction of sp³-hybridized carbons (Fsp3) is 0.333. The molecule has 3 rings (SSSR count). The van der Waals surface area contributed by atoms with Crippen LogP contribution in [0.2, 0.25) is 0 Å². The van der Waals surface area contributed by atoms with Crippen LogP contribution in [0.3, 0.4) is 0 Å². The lowest BCUT2D eigenvalue weighted by atomic mass is 9.86. The topological polar surface area (TPSA) is 58.6 Å². The normalized spacial score (nSPS) is 19.6. The van der Waals surface area contributed by atoms with Crippen molar-refractivity contribution in [1.82, 2.24) is 10.2 Å². The summed E-state index contributed by atoms with van der Waals surface area (Å²) in [4.78, 5) is 27.1. The zero-order valence-corrected chi connectivity index (χ0v) is 15.6. The van der Waals surface area contributed by atoms with Crippen LogP contribution < -0.4 is 10.1 Å². The number of benzene rings is 2. The lowest BCUT2D eigenvalue weighted by Gasteiger charge is -2.26. The van der Waals surface area contributed by atoms with Gasteiger partial charge in [-0.05, 0) is 49.1 Å². The minimum atomic E-state index is -1.03. The largest absolute Gasteiger partial charge is 0.496 e. The van der Waals surface area contributed by atoms with E-state index < -0.39 is 5.54 Å². The molecule has 1 heterocycles. The Morgan fingerprint density at radius 2 is 1.77 bits per heavy atom. The number of ether oxygens (including phenoxy) is 1. The van der Waals surface area contributed by atoms with Crippen LogP contribution >= 0.6 is 0 Å². The van der Waals surface area contributed by atoms with E-state index in [1.807, 2.05) is 63.2 Å². The predicted molar refractivity (Wildman–Crippen MR) is 100.0 cm³/mol. The number of aryl methyl sites for hydroxylation is 2. The molecule has 1 unspecified atom stereocenters. The highest BCUT2D eigenvalue weighted by Crippen LogP contribution is 2.35. The first-order valence-corrected chi connectivity index (χ1v) is 8.76. The average molecular weight is 352 g/mol. The number of hydrogen-bond donors (Lipinski definition) is 1. The fourth-order valence-electron chi connectivity index (χ4n) is 3.43. The van der Waals surface area contributed by atoms with Crippen molar-refractivity contribution in [1.29, 1.82) is 0 Å². The molecule has 1 aliphatic rings. The van der Waals surface area contributed by atoms with Crippen molar-refractivity contribution in [2.45, 2.75) is 39.3 Å². The molecule has 3 amide bonds. The molecule has 5 nitrogen and oxygen atoms in total. The van der Waals surface area contributed by atoms with Gasteiger partial charge in [0.25, 0.3) is 5.91 Å². The van der Waals surface area contributed by atoms with Crippen molar-refractivity contribution in [3.05, 3.63) is 64.7 Å². The summed E-state index contributed by atoms with van der Waals surface area (Å²) in [6.07, 6.45) is 0.480. The van der Waals surface area contributed by atoms with Gasteiger partial charge in [0.2, 0.25) is 0 Å². The molecule has 26 heavy (non-hydrogen) atoms. The molecule has 1 fully saturated rings. The van der Waals surface area contributed by atoms with Gasteiger partial charge in [0, 0.05) is 0 Å². The maximum Gasteiger partial charge on any atom is 0.325 e. The first-order chi connectivity index (χ1) is 12.4. The summed E-state index contributed by atoms with van der Waals surface area (Å²) >= 11 is 0. The van der Waals surface area contributed by atoms with Crippen LogP contribution in [0, 0.1) is 13.8 Å². The molecule has 1 N–H and O–H groups in total. The van der Waals surface area contributed by atoms with Crippen molar-refractivity contribution in [2.24, 2.45) is 0 Å². The number of methoxy groups -OCH3 is 1. The number of urea groups is 1. The molecule has 0 spiro atoms. The van der Waals surface area contributed by atoms with Crippen molar-refractivity contribution >= 4 is 11.9 Å². The molecule has 0 aromatic heterocycles. The maximum atomic E-state index is 13.2. The van der Waals surface area contributed by atoms with Crippen LogP contribution in [0.15, 0.2) is 42.5 Å². The summed E-state index contributed by atoms with van der Waals surface area (Å²) in [5.41, 5.74) is 2.75. The van der Waals surface area contributed by atoms with Crippen molar-refractivity contribution in [3.63, 3.8) is 0 Å². The van der Waals surface area contributed by atoms with E-state index in [0.717, 1.165) is 28.0 Å². The Bertz CT molecular complexity index is 845. The van der Waals surface area contributed by atoms with E-state index in [1.54, 1.807) is 7.11 Å². The number of carbonyl (C=O) groups excluding carboxylic acids is 2. The van der Waals surface area contributed by atoms with E-state index >= 15 is 0 Å². The number of nitrogens with one attached hydrogen (secondary N) is 1. The van der Waals surface area contributed by atoms with Crippen molar-refractivity contribution in [2.75, 3.05) is 7.11 Å². The quantitative estimate of drug-likeness (QED) is 0.835. The molecule has 0 radical (unpaired) electrons. The molecule has 0 aliphatic carbocycles. The van der Waals surface area contributed by atoms with Gasteiger partial charge >= 0.3 is 6.03 Å². The smallest absolute Gasteiger partial charge is 0.325 e. The van der Waals surface area contributed by atoms with Gasteiger partial charge < -0.3 is 10.1 Å². The highest BCUT2D eigenvalue weighted by Gasteiger charge is 2.51. The predicted octanol–water partition coefficient (Wildman–Crippen LogP) is 3.67. The first-order valence-electron chi connectivity index (χ1n) is 8.76. The van der Waals surface area contributed by atoms with Gasteiger partial charge in [0.1, 0.15) is 11.3 Å². The first kappa shape index (κ1) is 18.0. The van der Waals surface area contributed by atoms with Gasteiger partial charge in [0.05, 0.1) is 13.7 Å². The van der Waals surface area contributed by atoms with Gasteiger partial charge in [0.15, 0.2) is 0 Å². The van der Waals surface area contributed by atoms with E-state index in [2.05, 4.69) is 5.32 Å². The van der Waals surface area contributed by atoms with Gasteiger partial charge in [-0.25, -0.2) is 4.79 Å². The van der Waals surface area contributed by atoms with Crippen LogP contribution in [0.5, 0.6) is 5.75 Å². The van der Waals surface area contributed by atoms with Crippen LogP contribution in [0.4, 0.5) is 4.79 Å². The molecule has 5 heteroatoms. The molecular formula is C21H24N2O3. The van der Waals surface area contributed by atoms with Gasteiger partial charge in [-0.1, -0.05) is 42.8 Å². The van der Waals surface area contributed by atoms with Crippen LogP contribution in [-0.2, 0) is 16.9 Å². The Hall–Kier alpha value is -2.82. The van der Waals surface area contributed by atoms with Crippen LogP contribution in [-0.4, -0.2) is 23.9 Å². The third-order valence-electron chi connectivity index (χ3n) is 5.05. The second kappa shape index (κ2) is 6.83. The number of imide groups is 1. The number of rotatable bonds is 5. The van der Waals surface area contributed by atoms with Gasteiger partial charge in [-0.3, -0.25) is 9.69 Å². The summed E-state index contributed by atoms with van der Waals surface area (Å²) in [6, 6.07) is 13.1. The average Bonchev–Trinajstić information content (AvgIpc) is 2.88. The molecule has 0 saturated carbocycles. The third kappa shape index (κ3) is 2.94. The Balaban J connectivity index is 1.94. The molecular weight excluding hydrogens is 328 g/mol. The van der Waals surface area contributed by atoms with E-state index in [9.17, 15) is 9.59 Å². The Kier molecular flexibility index (Phi) is 4.72. The summed E-state index contributed by atoms with van der Waals surface area (Å²) < 4.78 is 5.30. The molecule has 1 aliphatic heterocycles. The second-order valence-corrected chi connectivity index (χ2v) is 6.75. The molecule has 1 atom stereocenters. The summed E-state index contributed by atoms with van der Waals surface area (Å²) in [5.74, 6) is 0.545. The van der Waals surface area contributed by atoms with Crippen LogP contribution in [0.25, 0.3) is 0 Å². The Morgan fingerprint density at radius 1 is 1.08 bits per heavy atom. The van der Waals surface area contributed by atoms with Gasteiger partial charge in [-0.2, -0.15) is 0 Å². The van der Waals surface area contributed by atoms with Gasteiger partial charge in [-0.15, -0.1) is 0 Å². The minimum Gasteiger partial charge on any atom is -0.496 e. The Labute approximate surface area is 154 Å². The SMILES string of the molecule is CCC1(c2ccc(OC)c(C)c2)NC(=O)N(Cc2ccc(C)cc2)C1=O. The summed E-state index contributed by atoms with van der Waals surface area (Å²) in [6.45, 7) is 6.11. The highest BCUT2D eigenvalue weighted by atomic mass is 16.5. The summed E-state index contributed by atoms with van der Waals surface area (Å²) in [7, 11) is 1.61. The fourth-order valence-corrected chi connectivity index (χ4v) is 3.43. The third-order valence-corrected chi connectivity index (χ3v) is 5.05. The standard InChI is InChI=1S/C21H24N2O3/c1-5-21(17-10-11-18(26-4)15(3)12-17)19(24)23(20(25)22-21)13-16-8-6-14(2)7-9-16/h6-12H,5,13H2,1-4H3,(H,22,25). The van der Waals surface area contributed by atoms with Crippen LogP contribution in [0.1, 0.15) is 35.6 Å². The zero-order chi connectivity index (χ0) is 18.9. The van der Waals surface area contributed by atoms with E-state index in [-0.39, 0.29) is 18.5 Å². The lowest BCUT2D eigenvalue weighted by Crippen LogP contribution is -2.43. The maximum absolute atomic E-state index is 13.2. The lowest BCUT2D eigenvalue weighted by molar-refractivity contribution is -0.132. The zero-order valence-electron chi connectivity index (χ0n) is 15.6. The summed E-state index contributed by atoms with van der Waals surface area (Å²) in [5, 5.41) is 2.93. The second-order valence-electron chi connectivity index (χ2n) is 6.75. The van der Waals surface area contributed by atoms with E-state index in [1.165, 1.54) is 4.90 Å². The number of nitrogens with zero attached hydrogens (tertiary/aromatic N) is 1. The molecule has 1 saturated heterocycles. The van der Waals surface area contributed by atoms with Crippen molar-refractivity contribution in [3.8, 4) is 5.75 Å². The minimum absolute atomic E-state index is 0.213.